The fraction of sp³-hybridized carbons (Fsp3) is 0.676. The van der Waals surface area contributed by atoms with Gasteiger partial charge in [-0.05, 0) is 96.3 Å². The number of unbranched alkanes of at least 4 members (excludes halogenated alkanes) is 26. The van der Waals surface area contributed by atoms with E-state index < -0.39 is 6.10 Å². The summed E-state index contributed by atoms with van der Waals surface area (Å²) in [6.45, 7) is 6.34. The summed E-state index contributed by atoms with van der Waals surface area (Å²) in [5, 5.41) is 0. The van der Waals surface area contributed by atoms with Crippen molar-refractivity contribution in [1.29, 1.82) is 0 Å². The summed E-state index contributed by atoms with van der Waals surface area (Å²) in [6.07, 6.45) is 89.4. The third kappa shape index (κ3) is 62.5. The van der Waals surface area contributed by atoms with Gasteiger partial charge in [0.1, 0.15) is 13.2 Å². The molecule has 0 saturated carbocycles. The van der Waals surface area contributed by atoms with Crippen molar-refractivity contribution in [3.63, 3.8) is 0 Å². The average molecular weight is 1070 g/mol. The van der Waals surface area contributed by atoms with E-state index in [2.05, 4.69) is 142 Å². The largest absolute Gasteiger partial charge is 0.462 e. The Kier molecular flexibility index (Phi) is 60.8. The fourth-order valence-corrected chi connectivity index (χ4v) is 8.75. The minimum atomic E-state index is -0.834. The highest BCUT2D eigenvalue weighted by Crippen LogP contribution is 2.17. The molecule has 0 spiro atoms. The number of carbonyl (C=O) groups excluding carboxylic acids is 3. The molecule has 0 aliphatic rings. The average Bonchev–Trinajstić information content (AvgIpc) is 3.43. The molecule has 0 saturated heterocycles. The van der Waals surface area contributed by atoms with E-state index in [0.717, 1.165) is 96.3 Å². The van der Waals surface area contributed by atoms with E-state index in [0.29, 0.717) is 19.3 Å². The van der Waals surface area contributed by atoms with E-state index in [1.807, 2.05) is 0 Å². The molecule has 6 nitrogen and oxygen atoms in total. The van der Waals surface area contributed by atoms with E-state index in [9.17, 15) is 14.4 Å². The van der Waals surface area contributed by atoms with Crippen LogP contribution in [0.1, 0.15) is 290 Å². The maximum atomic E-state index is 12.9. The Morgan fingerprint density at radius 1 is 0.273 bits per heavy atom. The summed E-state index contributed by atoms with van der Waals surface area (Å²) in [6, 6.07) is 0. The molecule has 0 amide bonds. The summed E-state index contributed by atoms with van der Waals surface area (Å²) in [5.41, 5.74) is 0. The van der Waals surface area contributed by atoms with Gasteiger partial charge in [-0.1, -0.05) is 296 Å². The van der Waals surface area contributed by atoms with E-state index in [-0.39, 0.29) is 44.0 Å². The van der Waals surface area contributed by atoms with Gasteiger partial charge in [-0.15, -0.1) is 0 Å². The molecule has 1 unspecified atom stereocenters. The molecule has 0 radical (unpaired) electrons. The van der Waals surface area contributed by atoms with Gasteiger partial charge in [0.05, 0.1) is 0 Å². The standard InChI is InChI=1S/C71H118O6/c1-4-7-10-13-16-19-22-25-28-31-32-33-34-35-36-37-38-41-43-46-49-52-55-58-61-64-70(73)76-67-68(77-71(74)65-62-59-56-53-50-47-44-40-30-27-24-21-18-15-12-9-6-3)66-75-69(72)63-60-57-54-51-48-45-42-39-29-26-23-20-17-14-11-8-5-2/h8-9,11-12,17-18,20-21,26-27,29-30,42,44-45,47,51,53-54,56,68H,4-7,10,13-16,19,22-25,28,31-41,43,46,48-50,52,55,57-67H2,1-3H3/b11-8-,12-9-,20-17-,21-18-,29-26-,30-27-,45-42-,47-44-,54-51-,56-53-. The van der Waals surface area contributed by atoms with Crippen LogP contribution in [0.2, 0.25) is 0 Å². The van der Waals surface area contributed by atoms with Crippen LogP contribution in [0.4, 0.5) is 0 Å². The van der Waals surface area contributed by atoms with Crippen LogP contribution < -0.4 is 0 Å². The van der Waals surface area contributed by atoms with Gasteiger partial charge in [-0.2, -0.15) is 0 Å². The van der Waals surface area contributed by atoms with Gasteiger partial charge in [-0.3, -0.25) is 14.4 Å². The molecule has 1 atom stereocenters. The molecule has 0 heterocycles. The van der Waals surface area contributed by atoms with Crippen molar-refractivity contribution in [2.45, 2.75) is 297 Å². The van der Waals surface area contributed by atoms with Gasteiger partial charge < -0.3 is 14.2 Å². The summed E-state index contributed by atoms with van der Waals surface area (Å²) >= 11 is 0. The fourth-order valence-electron chi connectivity index (χ4n) is 8.75. The van der Waals surface area contributed by atoms with Gasteiger partial charge in [0.25, 0.3) is 0 Å². The summed E-state index contributed by atoms with van der Waals surface area (Å²) < 4.78 is 16.8. The number of rotatable bonds is 57. The molecule has 0 fully saturated rings. The minimum absolute atomic E-state index is 0.119. The first-order valence-corrected chi connectivity index (χ1v) is 32.0. The first kappa shape index (κ1) is 72.8. The van der Waals surface area contributed by atoms with Crippen LogP contribution in [0.5, 0.6) is 0 Å². The highest BCUT2D eigenvalue weighted by atomic mass is 16.6. The van der Waals surface area contributed by atoms with E-state index in [1.165, 1.54) is 141 Å². The van der Waals surface area contributed by atoms with Crippen LogP contribution in [0.15, 0.2) is 122 Å². The second kappa shape index (κ2) is 64.3. The predicted molar refractivity (Wildman–Crippen MR) is 334 cm³/mol. The lowest BCUT2D eigenvalue weighted by Gasteiger charge is -2.18. The lowest BCUT2D eigenvalue weighted by atomic mass is 10.0. The van der Waals surface area contributed by atoms with E-state index >= 15 is 0 Å². The molecule has 0 aliphatic carbocycles. The lowest BCUT2D eigenvalue weighted by Crippen LogP contribution is -2.30. The van der Waals surface area contributed by atoms with Crippen molar-refractivity contribution >= 4 is 17.9 Å². The number of ether oxygens (including phenoxy) is 3. The third-order valence-corrected chi connectivity index (χ3v) is 13.5. The maximum absolute atomic E-state index is 12.9. The summed E-state index contributed by atoms with van der Waals surface area (Å²) in [4.78, 5) is 38.3. The van der Waals surface area contributed by atoms with E-state index in [1.54, 1.807) is 0 Å². The minimum Gasteiger partial charge on any atom is -0.462 e. The van der Waals surface area contributed by atoms with Gasteiger partial charge in [-0.25, -0.2) is 0 Å². The molecule has 0 rings (SSSR count). The molecule has 0 N–H and O–H groups in total. The second-order valence-corrected chi connectivity index (χ2v) is 20.9. The van der Waals surface area contributed by atoms with Gasteiger partial charge >= 0.3 is 17.9 Å². The summed E-state index contributed by atoms with van der Waals surface area (Å²) in [5.74, 6) is -1.03. The van der Waals surface area contributed by atoms with Crippen LogP contribution in [0.25, 0.3) is 0 Å². The molecule has 77 heavy (non-hydrogen) atoms. The molecule has 0 bridgehead atoms. The Balaban J connectivity index is 4.43. The van der Waals surface area contributed by atoms with Crippen molar-refractivity contribution in [2.24, 2.45) is 0 Å². The Bertz CT molecular complexity index is 1600. The number of allylic oxidation sites excluding steroid dienone is 20. The van der Waals surface area contributed by atoms with Gasteiger partial charge in [0, 0.05) is 19.3 Å². The highest BCUT2D eigenvalue weighted by molar-refractivity contribution is 5.71. The lowest BCUT2D eigenvalue weighted by molar-refractivity contribution is -0.167. The second-order valence-electron chi connectivity index (χ2n) is 20.9. The van der Waals surface area contributed by atoms with Gasteiger partial charge in [0.15, 0.2) is 6.10 Å². The highest BCUT2D eigenvalue weighted by Gasteiger charge is 2.19. The zero-order valence-electron chi connectivity index (χ0n) is 50.2. The Hall–Kier alpha value is -4.19. The first-order chi connectivity index (χ1) is 38.0. The Morgan fingerprint density at radius 3 is 0.792 bits per heavy atom. The smallest absolute Gasteiger partial charge is 0.306 e. The molecule has 0 aromatic carbocycles. The normalized spacial score (nSPS) is 12.9. The van der Waals surface area contributed by atoms with Crippen LogP contribution in [-0.4, -0.2) is 37.2 Å². The Labute approximate surface area is 475 Å². The maximum Gasteiger partial charge on any atom is 0.306 e. The number of hydrogen-bond acceptors (Lipinski definition) is 6. The zero-order chi connectivity index (χ0) is 55.7. The molecular weight excluding hydrogens is 949 g/mol. The first-order valence-electron chi connectivity index (χ1n) is 32.0. The quantitative estimate of drug-likeness (QED) is 0.0261. The molecule has 0 aliphatic heterocycles. The van der Waals surface area contributed by atoms with Crippen molar-refractivity contribution in [1.82, 2.24) is 0 Å². The molecule has 6 heteroatoms. The van der Waals surface area contributed by atoms with Gasteiger partial charge in [0.2, 0.25) is 0 Å². The van der Waals surface area contributed by atoms with Crippen LogP contribution >= 0.6 is 0 Å². The number of hydrogen-bond donors (Lipinski definition) is 0. The van der Waals surface area contributed by atoms with Crippen LogP contribution in [-0.2, 0) is 28.6 Å². The SMILES string of the molecule is CC/C=C\C/C=C\C/C=C\C/C=C\C/C=C\CCCC(=O)OCC(COC(=O)CCCCCCCCCCCCCCCCCCCCCCCCCCC)OC(=O)CCC/C=C\C/C=C\C/C=C\C/C=C\C/C=C\CC. The zero-order valence-corrected chi connectivity index (χ0v) is 50.2. The van der Waals surface area contributed by atoms with Crippen molar-refractivity contribution in [2.75, 3.05) is 13.2 Å². The third-order valence-electron chi connectivity index (χ3n) is 13.5. The topological polar surface area (TPSA) is 78.9 Å². The molecule has 438 valence electrons. The van der Waals surface area contributed by atoms with E-state index in [4.69, 9.17) is 14.2 Å². The summed E-state index contributed by atoms with van der Waals surface area (Å²) in [7, 11) is 0. The monoisotopic (exact) mass is 1070 g/mol. The Morgan fingerprint density at radius 2 is 0.506 bits per heavy atom. The van der Waals surface area contributed by atoms with Crippen molar-refractivity contribution in [3.05, 3.63) is 122 Å². The molecule has 0 aromatic rings. The molecule has 0 aromatic heterocycles. The van der Waals surface area contributed by atoms with Crippen LogP contribution in [0.3, 0.4) is 0 Å². The predicted octanol–water partition coefficient (Wildman–Crippen LogP) is 22.0. The van der Waals surface area contributed by atoms with Crippen molar-refractivity contribution in [3.8, 4) is 0 Å². The number of carbonyl (C=O) groups is 3. The number of esters is 3. The van der Waals surface area contributed by atoms with Crippen molar-refractivity contribution < 1.29 is 28.6 Å². The van der Waals surface area contributed by atoms with Crippen LogP contribution in [0, 0.1) is 0 Å². The molecular formula is C71H118O6.